The number of hydrogen-bond acceptors (Lipinski definition) is 7. The highest BCUT2D eigenvalue weighted by atomic mass is 32.2. The number of anilines is 1. The van der Waals surface area contributed by atoms with E-state index in [2.05, 4.69) is 23.1 Å². The van der Waals surface area contributed by atoms with Crippen LogP contribution in [0.3, 0.4) is 0 Å². The number of hydrogen-bond donors (Lipinski definition) is 3. The van der Waals surface area contributed by atoms with E-state index in [1.54, 1.807) is 10.4 Å². The van der Waals surface area contributed by atoms with Crippen LogP contribution in [0.1, 0.15) is 86.8 Å². The summed E-state index contributed by atoms with van der Waals surface area (Å²) in [6, 6.07) is 1.64. The Labute approximate surface area is 207 Å². The first-order chi connectivity index (χ1) is 15.7. The lowest BCUT2D eigenvalue weighted by molar-refractivity contribution is -0.123. The van der Waals surface area contributed by atoms with Gasteiger partial charge in [-0.3, -0.25) is 10.1 Å². The third-order valence-corrected chi connectivity index (χ3v) is 6.47. The van der Waals surface area contributed by atoms with Crippen molar-refractivity contribution in [3.63, 3.8) is 0 Å². The number of nitrogens with zero attached hydrogens (tertiary/aromatic N) is 2. The topological polar surface area (TPSA) is 139 Å². The summed E-state index contributed by atoms with van der Waals surface area (Å²) in [6.07, 6.45) is 5.96. The predicted octanol–water partition coefficient (Wildman–Crippen LogP) is 3.99. The van der Waals surface area contributed by atoms with Crippen molar-refractivity contribution < 1.29 is 22.8 Å². The quantitative estimate of drug-likeness (QED) is 0.508. The van der Waals surface area contributed by atoms with Crippen molar-refractivity contribution in [1.29, 1.82) is 0 Å². The van der Waals surface area contributed by atoms with E-state index in [0.29, 0.717) is 17.5 Å². The van der Waals surface area contributed by atoms with E-state index in [1.807, 2.05) is 48.5 Å². The Bertz CT molecular complexity index is 786. The number of aliphatic hydroxyl groups excluding tert-OH is 1. The van der Waals surface area contributed by atoms with Gasteiger partial charge in [-0.05, 0) is 25.8 Å². The van der Waals surface area contributed by atoms with Gasteiger partial charge in [0.25, 0.3) is 0 Å². The Hall–Kier alpha value is -1.49. The highest BCUT2D eigenvalue weighted by Crippen LogP contribution is 2.25. The number of unbranched alkanes of at least 4 members (excludes halogenated alkanes) is 1. The molecule has 2 heterocycles. The average Bonchev–Trinajstić information content (AvgIpc) is 3.45. The highest BCUT2D eigenvalue weighted by Gasteiger charge is 2.28. The van der Waals surface area contributed by atoms with Crippen LogP contribution in [0.5, 0.6) is 0 Å². The molecule has 1 aliphatic heterocycles. The molecule has 0 saturated carbocycles. The molecule has 0 aliphatic carbocycles. The van der Waals surface area contributed by atoms with Gasteiger partial charge in [-0.2, -0.15) is 0 Å². The van der Waals surface area contributed by atoms with Gasteiger partial charge >= 0.3 is 0 Å². The molecule has 1 aromatic rings. The van der Waals surface area contributed by atoms with Gasteiger partial charge in [-0.25, -0.2) is 12.7 Å². The Morgan fingerprint density at radius 2 is 1.82 bits per heavy atom. The fourth-order valence-electron chi connectivity index (χ4n) is 2.86. The summed E-state index contributed by atoms with van der Waals surface area (Å²) in [4.78, 5) is 11.7. The summed E-state index contributed by atoms with van der Waals surface area (Å²) < 4.78 is 29.0. The van der Waals surface area contributed by atoms with Crippen LogP contribution in [0.25, 0.3) is 0 Å². The zero-order valence-electron chi connectivity index (χ0n) is 23.1. The first-order valence-corrected chi connectivity index (χ1v) is 14.0. The zero-order valence-corrected chi connectivity index (χ0v) is 23.9. The van der Waals surface area contributed by atoms with Crippen molar-refractivity contribution in [2.45, 2.75) is 86.5 Å². The van der Waals surface area contributed by atoms with Crippen molar-refractivity contribution in [1.82, 2.24) is 9.46 Å². The van der Waals surface area contributed by atoms with Crippen LogP contribution in [0.15, 0.2) is 10.6 Å². The van der Waals surface area contributed by atoms with Crippen molar-refractivity contribution >= 4 is 21.8 Å². The number of amides is 1. The van der Waals surface area contributed by atoms with Gasteiger partial charge in [0.2, 0.25) is 21.8 Å². The average molecular weight is 507 g/mol. The summed E-state index contributed by atoms with van der Waals surface area (Å²) in [5, 5.41) is 15.7. The Morgan fingerprint density at radius 1 is 1.26 bits per heavy atom. The number of nitrogens with two attached hydrogens (primary N) is 1. The number of nitrogens with one attached hydrogen (secondary N) is 1. The molecule has 0 bridgehead atoms. The SMILES string of the molecule is CC.CC(C)(C)C(=O)Nc1cc(C(C)(C)CO)no1.CCCCC1CCN(S(C)(=O)=O)C1.CN. The van der Waals surface area contributed by atoms with Gasteiger partial charge in [0.15, 0.2) is 0 Å². The maximum Gasteiger partial charge on any atom is 0.232 e. The molecule has 0 aromatic carbocycles. The van der Waals surface area contributed by atoms with Crippen LogP contribution in [0.4, 0.5) is 5.88 Å². The fourth-order valence-corrected chi connectivity index (χ4v) is 3.78. The fraction of sp³-hybridized carbons (Fsp3) is 0.833. The summed E-state index contributed by atoms with van der Waals surface area (Å²) in [7, 11) is -1.43. The second-order valence-corrected chi connectivity index (χ2v) is 11.7. The smallest absolute Gasteiger partial charge is 0.232 e. The largest absolute Gasteiger partial charge is 0.395 e. The summed E-state index contributed by atoms with van der Waals surface area (Å²) >= 11 is 0. The molecule has 1 aliphatic rings. The Morgan fingerprint density at radius 3 is 2.24 bits per heavy atom. The van der Waals surface area contributed by atoms with Crippen molar-refractivity contribution in [3.05, 3.63) is 11.8 Å². The van der Waals surface area contributed by atoms with E-state index < -0.39 is 20.9 Å². The van der Waals surface area contributed by atoms with E-state index >= 15 is 0 Å². The van der Waals surface area contributed by atoms with Crippen molar-refractivity contribution in [3.8, 4) is 0 Å². The van der Waals surface area contributed by atoms with Crippen LogP contribution in [0.2, 0.25) is 0 Å². The summed E-state index contributed by atoms with van der Waals surface area (Å²) in [5.74, 6) is 0.776. The molecular weight excluding hydrogens is 456 g/mol. The molecule has 1 atom stereocenters. The van der Waals surface area contributed by atoms with Gasteiger partial charge in [0.05, 0.1) is 18.6 Å². The molecule has 1 amide bonds. The molecule has 2 rings (SSSR count). The second kappa shape index (κ2) is 16.2. The van der Waals surface area contributed by atoms with E-state index in [0.717, 1.165) is 19.5 Å². The van der Waals surface area contributed by atoms with Crippen LogP contribution in [-0.4, -0.2) is 61.9 Å². The lowest BCUT2D eigenvalue weighted by Gasteiger charge is -2.17. The molecule has 34 heavy (non-hydrogen) atoms. The number of rotatable bonds is 7. The highest BCUT2D eigenvalue weighted by molar-refractivity contribution is 7.88. The number of carbonyl (C=O) groups excluding carboxylic acids is 1. The molecule has 1 unspecified atom stereocenters. The molecule has 10 heteroatoms. The first kappa shape index (κ1) is 34.7. The molecular formula is C24H50N4O5S. The van der Waals surface area contributed by atoms with Crippen LogP contribution in [-0.2, 0) is 20.2 Å². The molecule has 0 radical (unpaired) electrons. The van der Waals surface area contributed by atoms with Crippen LogP contribution in [0, 0.1) is 11.3 Å². The molecule has 202 valence electrons. The minimum absolute atomic E-state index is 0.0355. The molecule has 1 aromatic heterocycles. The predicted molar refractivity (Wildman–Crippen MR) is 140 cm³/mol. The van der Waals surface area contributed by atoms with Gasteiger partial charge in [0, 0.05) is 30.0 Å². The van der Waals surface area contributed by atoms with E-state index in [4.69, 9.17) is 4.52 Å². The van der Waals surface area contributed by atoms with Gasteiger partial charge < -0.3 is 15.4 Å². The molecule has 1 saturated heterocycles. The number of aromatic nitrogens is 1. The normalized spacial score (nSPS) is 16.3. The van der Waals surface area contributed by atoms with E-state index in [1.165, 1.54) is 32.6 Å². The Kier molecular flexibility index (Phi) is 16.6. The van der Waals surface area contributed by atoms with Gasteiger partial charge in [-0.1, -0.05) is 73.4 Å². The first-order valence-electron chi connectivity index (χ1n) is 12.1. The lowest BCUT2D eigenvalue weighted by atomic mass is 9.91. The van der Waals surface area contributed by atoms with E-state index in [9.17, 15) is 18.3 Å². The maximum absolute atomic E-state index is 11.7. The van der Waals surface area contributed by atoms with Gasteiger partial charge in [-0.15, -0.1) is 0 Å². The van der Waals surface area contributed by atoms with E-state index in [-0.39, 0.29) is 12.5 Å². The van der Waals surface area contributed by atoms with Crippen molar-refractivity contribution in [2.24, 2.45) is 17.1 Å². The number of carbonyl (C=O) groups is 1. The van der Waals surface area contributed by atoms with Gasteiger partial charge in [0.1, 0.15) is 0 Å². The monoisotopic (exact) mass is 506 g/mol. The zero-order chi connectivity index (χ0) is 27.2. The minimum atomic E-state index is -2.93. The Balaban J connectivity index is 0. The summed E-state index contributed by atoms with van der Waals surface area (Å²) in [6.45, 7) is 16.8. The van der Waals surface area contributed by atoms with Crippen LogP contribution < -0.4 is 11.1 Å². The maximum atomic E-state index is 11.7. The lowest BCUT2D eigenvalue weighted by Crippen LogP contribution is -2.27. The van der Waals surface area contributed by atoms with Crippen molar-refractivity contribution in [2.75, 3.05) is 38.3 Å². The molecule has 9 nitrogen and oxygen atoms in total. The third kappa shape index (κ3) is 12.8. The standard InChI is InChI=1S/C12H20N2O3.C9H19NO2S.C2H6.CH5N/c1-11(2,3)10(16)13-9-6-8(14-17-9)12(4,5)7-15;1-3-4-5-9-6-7-10(8-9)13(2,11)12;2*1-2/h6,15H,7H2,1-5H3,(H,13,16);9H,3-8H2,1-2H3;1-2H3;2H2,1H3. The molecule has 4 N–H and O–H groups in total. The second-order valence-electron chi connectivity index (χ2n) is 9.74. The summed E-state index contributed by atoms with van der Waals surface area (Å²) in [5.41, 5.74) is 4.15. The third-order valence-electron chi connectivity index (χ3n) is 5.20. The molecule has 0 spiro atoms. The molecule has 1 fully saturated rings. The number of sulfonamides is 1. The number of aliphatic hydroxyl groups is 1. The minimum Gasteiger partial charge on any atom is -0.395 e. The van der Waals surface area contributed by atoms with Crippen LogP contribution >= 0.6 is 0 Å².